The first kappa shape index (κ1) is 20.9. The fourth-order valence-corrected chi connectivity index (χ4v) is 3.36. The van der Waals surface area contributed by atoms with Crippen molar-refractivity contribution in [3.63, 3.8) is 0 Å². The molecule has 0 unspecified atom stereocenters. The quantitative estimate of drug-likeness (QED) is 0.767. The van der Waals surface area contributed by atoms with Crippen LogP contribution in [0.4, 0.5) is 5.69 Å². The van der Waals surface area contributed by atoms with E-state index >= 15 is 0 Å². The lowest BCUT2D eigenvalue weighted by atomic mass is 10.1. The van der Waals surface area contributed by atoms with Crippen molar-refractivity contribution in [1.29, 1.82) is 0 Å². The van der Waals surface area contributed by atoms with Gasteiger partial charge in [-0.3, -0.25) is 9.59 Å². The summed E-state index contributed by atoms with van der Waals surface area (Å²) in [6, 6.07) is 10.9. The number of halogens is 1. The van der Waals surface area contributed by atoms with E-state index < -0.39 is 15.7 Å². The number of benzene rings is 2. The predicted molar refractivity (Wildman–Crippen MR) is 107 cm³/mol. The molecule has 0 saturated heterocycles. The molecule has 27 heavy (non-hydrogen) atoms. The zero-order valence-corrected chi connectivity index (χ0v) is 16.8. The number of hydrogen-bond acceptors (Lipinski definition) is 4. The van der Waals surface area contributed by atoms with Crippen molar-refractivity contribution in [1.82, 2.24) is 5.32 Å². The summed E-state index contributed by atoms with van der Waals surface area (Å²) in [5, 5.41) is 5.72. The fourth-order valence-electron chi connectivity index (χ4n) is 2.41. The molecule has 2 aromatic carbocycles. The number of sulfone groups is 1. The molecule has 0 heterocycles. The number of hydrogen-bond donors (Lipinski definition) is 2. The van der Waals surface area contributed by atoms with Crippen LogP contribution in [-0.4, -0.2) is 32.5 Å². The van der Waals surface area contributed by atoms with E-state index in [0.29, 0.717) is 22.4 Å². The first-order valence-electron chi connectivity index (χ1n) is 8.23. The summed E-state index contributed by atoms with van der Waals surface area (Å²) in [6.07, 6.45) is 1.13. The monoisotopic (exact) mass is 408 g/mol. The lowest BCUT2D eigenvalue weighted by Crippen LogP contribution is -2.30. The summed E-state index contributed by atoms with van der Waals surface area (Å²) in [4.78, 5) is 24.7. The van der Waals surface area contributed by atoms with Crippen molar-refractivity contribution in [3.05, 3.63) is 64.2 Å². The molecule has 6 nitrogen and oxygen atoms in total. The van der Waals surface area contributed by atoms with Crippen molar-refractivity contribution >= 4 is 38.9 Å². The maximum absolute atomic E-state index is 12.5. The lowest BCUT2D eigenvalue weighted by molar-refractivity contribution is 0.0941. The summed E-state index contributed by atoms with van der Waals surface area (Å²) >= 11 is 6.13. The Morgan fingerprint density at radius 3 is 2.33 bits per heavy atom. The number of rotatable bonds is 6. The molecule has 0 atom stereocenters. The van der Waals surface area contributed by atoms with Gasteiger partial charge in [0.2, 0.25) is 0 Å². The molecule has 2 aromatic rings. The molecule has 0 aliphatic rings. The highest BCUT2D eigenvalue weighted by molar-refractivity contribution is 7.89. The van der Waals surface area contributed by atoms with Gasteiger partial charge in [-0.2, -0.15) is 0 Å². The molecule has 0 aromatic heterocycles. The normalized spacial score (nSPS) is 11.3. The molecular weight excluding hydrogens is 388 g/mol. The van der Waals surface area contributed by atoms with Gasteiger partial charge in [0, 0.05) is 23.4 Å². The van der Waals surface area contributed by atoms with Gasteiger partial charge in [-0.25, -0.2) is 8.42 Å². The second kappa shape index (κ2) is 8.54. The van der Waals surface area contributed by atoms with Gasteiger partial charge >= 0.3 is 0 Å². The molecule has 0 aliphatic heterocycles. The van der Waals surface area contributed by atoms with Crippen molar-refractivity contribution in [2.45, 2.75) is 25.6 Å². The fraction of sp³-hybridized carbons (Fsp3) is 0.263. The van der Waals surface area contributed by atoms with E-state index in [1.54, 1.807) is 24.3 Å². The van der Waals surface area contributed by atoms with Crippen molar-refractivity contribution < 1.29 is 18.0 Å². The maximum atomic E-state index is 12.5. The first-order chi connectivity index (χ1) is 12.5. The van der Waals surface area contributed by atoms with E-state index in [0.717, 1.165) is 6.26 Å². The molecule has 2 amide bonds. The van der Waals surface area contributed by atoms with Crippen LogP contribution in [0.15, 0.2) is 42.5 Å². The second-order valence-electron chi connectivity index (χ2n) is 6.55. The molecule has 0 spiro atoms. The molecule has 0 radical (unpaired) electrons. The summed E-state index contributed by atoms with van der Waals surface area (Å²) in [7, 11) is -3.21. The summed E-state index contributed by atoms with van der Waals surface area (Å²) < 4.78 is 22.9. The van der Waals surface area contributed by atoms with Gasteiger partial charge in [0.25, 0.3) is 11.8 Å². The highest BCUT2D eigenvalue weighted by Crippen LogP contribution is 2.24. The van der Waals surface area contributed by atoms with E-state index in [9.17, 15) is 18.0 Å². The Hall–Kier alpha value is -2.38. The van der Waals surface area contributed by atoms with E-state index in [1.807, 2.05) is 13.8 Å². The van der Waals surface area contributed by atoms with Crippen LogP contribution in [0.3, 0.4) is 0 Å². The van der Waals surface area contributed by atoms with Crippen LogP contribution in [0.25, 0.3) is 0 Å². The van der Waals surface area contributed by atoms with Gasteiger partial charge in [-0.1, -0.05) is 23.7 Å². The number of carbonyl (C=O) groups excluding carboxylic acids is 2. The summed E-state index contributed by atoms with van der Waals surface area (Å²) in [5.41, 5.74) is 1.48. The largest absolute Gasteiger partial charge is 0.350 e. The molecule has 0 aliphatic carbocycles. The SMILES string of the molecule is CC(C)NC(=O)c1ccc(Cl)c(NC(=O)c2cccc(CS(C)(=O)=O)c2)c1. The zero-order chi connectivity index (χ0) is 20.2. The van der Waals surface area contributed by atoms with Gasteiger partial charge in [0.05, 0.1) is 16.5 Å². The van der Waals surface area contributed by atoms with Crippen LogP contribution in [0.5, 0.6) is 0 Å². The third kappa shape index (κ3) is 6.37. The molecule has 0 fully saturated rings. The van der Waals surface area contributed by atoms with Crippen molar-refractivity contribution in [2.24, 2.45) is 0 Å². The first-order valence-corrected chi connectivity index (χ1v) is 10.7. The molecule has 0 bridgehead atoms. The van der Waals surface area contributed by atoms with Crippen molar-refractivity contribution in [2.75, 3.05) is 11.6 Å². The highest BCUT2D eigenvalue weighted by atomic mass is 35.5. The molecule has 0 saturated carbocycles. The van der Waals surface area contributed by atoms with Crippen LogP contribution in [0.1, 0.15) is 40.1 Å². The van der Waals surface area contributed by atoms with E-state index in [-0.39, 0.29) is 22.7 Å². The van der Waals surface area contributed by atoms with Gasteiger partial charge in [0.15, 0.2) is 9.84 Å². The zero-order valence-electron chi connectivity index (χ0n) is 15.2. The minimum Gasteiger partial charge on any atom is -0.350 e. The minimum atomic E-state index is -3.21. The van der Waals surface area contributed by atoms with Crippen LogP contribution in [0, 0.1) is 0 Å². The molecule has 2 N–H and O–H groups in total. The van der Waals surface area contributed by atoms with Gasteiger partial charge in [0.1, 0.15) is 0 Å². The topological polar surface area (TPSA) is 92.3 Å². The Balaban J connectivity index is 2.23. The van der Waals surface area contributed by atoms with E-state index in [2.05, 4.69) is 10.6 Å². The van der Waals surface area contributed by atoms with Crippen LogP contribution >= 0.6 is 11.6 Å². The second-order valence-corrected chi connectivity index (χ2v) is 9.09. The average Bonchev–Trinajstić information content (AvgIpc) is 2.54. The van der Waals surface area contributed by atoms with Crippen LogP contribution in [0.2, 0.25) is 5.02 Å². The number of nitrogens with one attached hydrogen (secondary N) is 2. The molecule has 144 valence electrons. The van der Waals surface area contributed by atoms with Crippen molar-refractivity contribution in [3.8, 4) is 0 Å². The molecule has 2 rings (SSSR count). The third-order valence-corrected chi connectivity index (χ3v) is 4.70. The Kier molecular flexibility index (Phi) is 6.62. The number of anilines is 1. The van der Waals surface area contributed by atoms with Crippen LogP contribution < -0.4 is 10.6 Å². The van der Waals surface area contributed by atoms with Gasteiger partial charge in [-0.05, 0) is 49.7 Å². The van der Waals surface area contributed by atoms with Gasteiger partial charge in [-0.15, -0.1) is 0 Å². The van der Waals surface area contributed by atoms with Crippen LogP contribution in [-0.2, 0) is 15.6 Å². The van der Waals surface area contributed by atoms with Gasteiger partial charge < -0.3 is 10.6 Å². The summed E-state index contributed by atoms with van der Waals surface area (Å²) in [5.74, 6) is -0.874. The minimum absolute atomic E-state index is 0.0243. The highest BCUT2D eigenvalue weighted by Gasteiger charge is 2.14. The molecule has 8 heteroatoms. The Morgan fingerprint density at radius 1 is 1.04 bits per heavy atom. The number of carbonyl (C=O) groups is 2. The Bertz CT molecular complexity index is 971. The van der Waals surface area contributed by atoms with E-state index in [4.69, 9.17) is 11.6 Å². The maximum Gasteiger partial charge on any atom is 0.255 e. The average molecular weight is 409 g/mol. The smallest absolute Gasteiger partial charge is 0.255 e. The predicted octanol–water partition coefficient (Wildman–Crippen LogP) is 3.28. The Morgan fingerprint density at radius 2 is 1.70 bits per heavy atom. The Labute approximate surface area is 163 Å². The number of amides is 2. The molecular formula is C19H21ClN2O4S. The van der Waals surface area contributed by atoms with E-state index in [1.165, 1.54) is 18.2 Å². The lowest BCUT2D eigenvalue weighted by Gasteiger charge is -2.12. The summed E-state index contributed by atoms with van der Waals surface area (Å²) in [6.45, 7) is 3.69. The third-order valence-electron chi connectivity index (χ3n) is 3.51. The standard InChI is InChI=1S/C19H21ClN2O4S/c1-12(2)21-18(23)15-7-8-16(20)17(10-15)22-19(24)14-6-4-5-13(9-14)11-27(3,25)26/h4-10,12H,11H2,1-3H3,(H,21,23)(H,22,24).